The molecule has 2 rings (SSSR count). The maximum Gasteiger partial charge on any atom is 0.341 e. The zero-order valence-electron chi connectivity index (χ0n) is 14.2. The highest BCUT2D eigenvalue weighted by Gasteiger charge is 2.25. The zero-order valence-corrected chi connectivity index (χ0v) is 15.0. The van der Waals surface area contributed by atoms with Crippen LogP contribution in [-0.2, 0) is 4.74 Å². The van der Waals surface area contributed by atoms with E-state index in [-0.39, 0.29) is 11.9 Å². The van der Waals surface area contributed by atoms with Crippen LogP contribution in [0, 0.1) is 19.8 Å². The number of hydrogen-bond donors (Lipinski definition) is 1. The minimum absolute atomic E-state index is 0.275. The lowest BCUT2D eigenvalue weighted by molar-refractivity contribution is 0.0461. The number of rotatable bonds is 5. The predicted octanol–water partition coefficient (Wildman–Crippen LogP) is 4.44. The molecule has 1 aromatic heterocycles. The number of ether oxygens (including phenoxy) is 2. The van der Waals surface area contributed by atoms with Crippen molar-refractivity contribution in [3.8, 4) is 16.9 Å². The summed E-state index contributed by atoms with van der Waals surface area (Å²) in [6, 6.07) is 5.89. The summed E-state index contributed by atoms with van der Waals surface area (Å²) < 4.78 is 10.9. The molecule has 0 aliphatic rings. The Kier molecular flexibility index (Phi) is 5.31. The Morgan fingerprint density at radius 3 is 2.61 bits per heavy atom. The summed E-state index contributed by atoms with van der Waals surface area (Å²) in [4.78, 5) is 13.5. The maximum absolute atomic E-state index is 12.5. The average Bonchev–Trinajstić information content (AvgIpc) is 2.79. The fourth-order valence-electron chi connectivity index (χ4n) is 2.42. The van der Waals surface area contributed by atoms with E-state index in [1.54, 1.807) is 7.11 Å². The van der Waals surface area contributed by atoms with E-state index in [1.165, 1.54) is 11.3 Å². The van der Waals surface area contributed by atoms with Crippen molar-refractivity contribution in [2.24, 2.45) is 5.92 Å². The molecule has 0 atom stereocenters. The van der Waals surface area contributed by atoms with E-state index in [0.29, 0.717) is 17.2 Å². The lowest BCUT2D eigenvalue weighted by Gasteiger charge is -2.13. The number of carbonyl (C=O) groups excluding carboxylic acids is 1. The number of nitrogen functional groups attached to an aromatic ring is 1. The largest absolute Gasteiger partial charge is 0.496 e. The monoisotopic (exact) mass is 333 g/mol. The van der Waals surface area contributed by atoms with E-state index in [4.69, 9.17) is 15.2 Å². The van der Waals surface area contributed by atoms with E-state index < -0.39 is 0 Å². The van der Waals surface area contributed by atoms with Gasteiger partial charge in [0.25, 0.3) is 0 Å². The third-order valence-electron chi connectivity index (χ3n) is 3.49. The lowest BCUT2D eigenvalue weighted by atomic mass is 9.98. The molecule has 0 aliphatic carbocycles. The molecule has 0 radical (unpaired) electrons. The summed E-state index contributed by atoms with van der Waals surface area (Å²) in [5, 5.41) is 0.481. The van der Waals surface area contributed by atoms with Crippen molar-refractivity contribution >= 4 is 22.3 Å². The molecule has 4 nitrogen and oxygen atoms in total. The number of nitrogens with two attached hydrogens (primary N) is 1. The predicted molar refractivity (Wildman–Crippen MR) is 95.3 cm³/mol. The first-order valence-electron chi connectivity index (χ1n) is 7.56. The van der Waals surface area contributed by atoms with Crippen LogP contribution in [0.2, 0.25) is 0 Å². The molecule has 0 amide bonds. The Bertz CT molecular complexity index is 719. The molecule has 0 unspecified atom stereocenters. The molecule has 5 heteroatoms. The van der Waals surface area contributed by atoms with Gasteiger partial charge >= 0.3 is 5.97 Å². The molecular weight excluding hydrogens is 310 g/mol. The van der Waals surface area contributed by atoms with Crippen molar-refractivity contribution in [1.29, 1.82) is 0 Å². The molecule has 1 heterocycles. The Morgan fingerprint density at radius 1 is 1.30 bits per heavy atom. The summed E-state index contributed by atoms with van der Waals surface area (Å²) in [6.45, 7) is 8.33. The van der Waals surface area contributed by atoms with Crippen molar-refractivity contribution in [3.63, 3.8) is 0 Å². The van der Waals surface area contributed by atoms with E-state index in [0.717, 1.165) is 27.3 Å². The highest BCUT2D eigenvalue weighted by molar-refractivity contribution is 7.16. The Labute approximate surface area is 141 Å². The van der Waals surface area contributed by atoms with E-state index in [2.05, 4.69) is 0 Å². The Balaban J connectivity index is 2.56. The molecule has 0 saturated heterocycles. The molecule has 1 aromatic carbocycles. The van der Waals surface area contributed by atoms with Crippen LogP contribution >= 0.6 is 11.3 Å². The van der Waals surface area contributed by atoms with E-state index in [9.17, 15) is 4.79 Å². The van der Waals surface area contributed by atoms with Crippen LogP contribution in [0.3, 0.4) is 0 Å². The van der Waals surface area contributed by atoms with Crippen LogP contribution in [-0.4, -0.2) is 19.7 Å². The summed E-state index contributed by atoms with van der Waals surface area (Å²) in [6.07, 6.45) is 0. The highest BCUT2D eigenvalue weighted by Crippen LogP contribution is 2.42. The summed E-state index contributed by atoms with van der Waals surface area (Å²) in [5.74, 6) is 0.616. The van der Waals surface area contributed by atoms with Gasteiger partial charge in [-0.25, -0.2) is 4.79 Å². The van der Waals surface area contributed by atoms with Gasteiger partial charge in [-0.2, -0.15) is 0 Å². The average molecular weight is 333 g/mol. The number of benzene rings is 1. The maximum atomic E-state index is 12.5. The standard InChI is InChI=1S/C18H23NO3S/c1-10(2)9-22-18(20)16-15(12(4)23-17(16)19)13-8-11(3)6-7-14(13)21-5/h6-8,10H,9,19H2,1-5H3. The van der Waals surface area contributed by atoms with Gasteiger partial charge < -0.3 is 15.2 Å². The first-order valence-corrected chi connectivity index (χ1v) is 8.37. The van der Waals surface area contributed by atoms with Gasteiger partial charge in [0.05, 0.1) is 13.7 Å². The van der Waals surface area contributed by atoms with Gasteiger partial charge in [-0.3, -0.25) is 0 Å². The van der Waals surface area contributed by atoms with Gasteiger partial charge in [-0.1, -0.05) is 25.5 Å². The van der Waals surface area contributed by atoms with Crippen LogP contribution in [0.15, 0.2) is 18.2 Å². The molecule has 0 saturated carbocycles. The normalized spacial score (nSPS) is 10.9. The van der Waals surface area contributed by atoms with Crippen LogP contribution in [0.25, 0.3) is 11.1 Å². The van der Waals surface area contributed by atoms with Crippen LogP contribution in [0.4, 0.5) is 5.00 Å². The molecule has 2 N–H and O–H groups in total. The third kappa shape index (κ3) is 3.67. The second-order valence-electron chi connectivity index (χ2n) is 5.97. The zero-order chi connectivity index (χ0) is 17.1. The van der Waals surface area contributed by atoms with E-state index in [1.807, 2.05) is 45.9 Å². The third-order valence-corrected chi connectivity index (χ3v) is 4.42. The van der Waals surface area contributed by atoms with Crippen molar-refractivity contribution in [1.82, 2.24) is 0 Å². The van der Waals surface area contributed by atoms with Crippen molar-refractivity contribution in [2.45, 2.75) is 27.7 Å². The number of methoxy groups -OCH3 is 1. The van der Waals surface area contributed by atoms with Crippen molar-refractivity contribution < 1.29 is 14.3 Å². The smallest absolute Gasteiger partial charge is 0.341 e. The number of thiophene rings is 1. The van der Waals surface area contributed by atoms with Gasteiger partial charge in [0.2, 0.25) is 0 Å². The Morgan fingerprint density at radius 2 is 2.00 bits per heavy atom. The molecule has 0 aliphatic heterocycles. The number of carbonyl (C=O) groups is 1. The van der Waals surface area contributed by atoms with Crippen molar-refractivity contribution in [3.05, 3.63) is 34.2 Å². The highest BCUT2D eigenvalue weighted by atomic mass is 32.1. The van der Waals surface area contributed by atoms with Gasteiger partial charge in [-0.05, 0) is 31.9 Å². The molecule has 2 aromatic rings. The topological polar surface area (TPSA) is 61.5 Å². The van der Waals surface area contributed by atoms with Crippen LogP contribution < -0.4 is 10.5 Å². The molecular formula is C18H23NO3S. The first kappa shape index (κ1) is 17.3. The van der Waals surface area contributed by atoms with Crippen LogP contribution in [0.5, 0.6) is 5.75 Å². The fourth-order valence-corrected chi connectivity index (χ4v) is 3.36. The Hall–Kier alpha value is -2.01. The lowest BCUT2D eigenvalue weighted by Crippen LogP contribution is -2.12. The van der Waals surface area contributed by atoms with Gasteiger partial charge in [0.1, 0.15) is 16.3 Å². The molecule has 0 bridgehead atoms. The van der Waals surface area contributed by atoms with Crippen LogP contribution in [0.1, 0.15) is 34.6 Å². The molecule has 0 fully saturated rings. The molecule has 0 spiro atoms. The number of hydrogen-bond acceptors (Lipinski definition) is 5. The number of anilines is 1. The van der Waals surface area contributed by atoms with Gasteiger partial charge in [0.15, 0.2) is 0 Å². The summed E-state index contributed by atoms with van der Waals surface area (Å²) in [5.41, 5.74) is 9.30. The second-order valence-corrected chi connectivity index (χ2v) is 7.22. The quantitative estimate of drug-likeness (QED) is 0.822. The number of aryl methyl sites for hydroxylation is 2. The molecule has 23 heavy (non-hydrogen) atoms. The van der Waals surface area contributed by atoms with Gasteiger partial charge in [-0.15, -0.1) is 11.3 Å². The summed E-state index contributed by atoms with van der Waals surface area (Å²) in [7, 11) is 1.62. The first-order chi connectivity index (χ1) is 10.8. The SMILES string of the molecule is COc1ccc(C)cc1-c1c(C)sc(N)c1C(=O)OCC(C)C. The van der Waals surface area contributed by atoms with E-state index >= 15 is 0 Å². The minimum Gasteiger partial charge on any atom is -0.496 e. The van der Waals surface area contributed by atoms with Crippen molar-refractivity contribution in [2.75, 3.05) is 19.5 Å². The summed E-state index contributed by atoms with van der Waals surface area (Å²) >= 11 is 1.40. The fraction of sp³-hybridized carbons (Fsp3) is 0.389. The van der Waals surface area contributed by atoms with Gasteiger partial charge in [0, 0.05) is 16.0 Å². The molecule has 124 valence electrons. The number of esters is 1. The minimum atomic E-state index is -0.376. The second kappa shape index (κ2) is 7.04.